The first-order valence-electron chi connectivity index (χ1n) is 21.0. The van der Waals surface area contributed by atoms with Crippen molar-refractivity contribution in [2.24, 2.45) is 28.4 Å². The molecule has 62 heavy (non-hydrogen) atoms. The van der Waals surface area contributed by atoms with E-state index < -0.39 is 36.9 Å². The highest BCUT2D eigenvalue weighted by Crippen LogP contribution is 2.40. The quantitative estimate of drug-likeness (QED) is 0.0806. The minimum atomic E-state index is -3.77. The van der Waals surface area contributed by atoms with E-state index in [1.807, 2.05) is 66.7 Å². The molecule has 6 rings (SSSR count). The third-order valence-corrected chi connectivity index (χ3v) is 11.8. The van der Waals surface area contributed by atoms with Crippen LogP contribution >= 0.6 is 0 Å². The first-order chi connectivity index (χ1) is 28.5. The first kappa shape index (κ1) is 51.6. The number of hydrogen-bond donors (Lipinski definition) is 4. The highest BCUT2D eigenvalue weighted by Gasteiger charge is 2.38. The number of carbonyl (C=O) groups is 3. The van der Waals surface area contributed by atoms with Gasteiger partial charge in [0.2, 0.25) is 0 Å². The molecule has 5 N–H and O–H groups in total. The molecule has 0 aliphatic heterocycles. The molecule has 0 aromatic heterocycles. The van der Waals surface area contributed by atoms with Crippen LogP contribution in [0.4, 0.5) is 17.6 Å². The van der Waals surface area contributed by atoms with Crippen LogP contribution in [0.1, 0.15) is 116 Å². The number of ether oxygens (including phenoxy) is 2. The lowest BCUT2D eigenvalue weighted by molar-refractivity contribution is -0.164. The lowest BCUT2D eigenvalue weighted by atomic mass is 9.72. The van der Waals surface area contributed by atoms with E-state index in [-0.39, 0.29) is 20.1 Å². The van der Waals surface area contributed by atoms with Gasteiger partial charge in [-0.25, -0.2) is 9.59 Å². The van der Waals surface area contributed by atoms with Crippen LogP contribution in [0.15, 0.2) is 72.8 Å². The number of nitrogens with two attached hydrogens (primary N) is 1. The van der Waals surface area contributed by atoms with Gasteiger partial charge < -0.3 is 30.7 Å². The van der Waals surface area contributed by atoms with Crippen LogP contribution in [0.25, 0.3) is 21.5 Å². The Morgan fingerprint density at radius 2 is 1.05 bits per heavy atom. The van der Waals surface area contributed by atoms with E-state index in [0.717, 1.165) is 82.4 Å². The average molecular weight is 871 g/mol. The maximum absolute atomic E-state index is 13.1. The molecule has 0 radical (unpaired) electrons. The molecule has 0 bridgehead atoms. The molecule has 2 aliphatic rings. The molecule has 2 fully saturated rings. The number of aldehydes is 1. The largest absolute Gasteiger partial charge is 0.490 e. The molecule has 0 heterocycles. The van der Waals surface area contributed by atoms with Crippen molar-refractivity contribution in [2.75, 3.05) is 13.1 Å². The molecule has 0 unspecified atom stereocenters. The van der Waals surface area contributed by atoms with Crippen molar-refractivity contribution in [2.45, 2.75) is 131 Å². The molecule has 2 saturated carbocycles. The van der Waals surface area contributed by atoms with Gasteiger partial charge in [-0.15, -0.1) is 0 Å². The van der Waals surface area contributed by atoms with Gasteiger partial charge in [0.25, 0.3) is 0 Å². The minimum Gasteiger partial charge on any atom is -0.490 e. The summed E-state index contributed by atoms with van der Waals surface area (Å²) in [6.45, 7) is 12.1. The molecule has 4 aromatic rings. The number of carboxylic acid groups (broad SMARTS) is 2. The SMILES string of the molecule is C.CC(C)(C)C1CCC(Oc2ccc3cc(C=O)ccc3c2)CC1.CC(C)(C)C1CCC(Oc2ccc3cc(CNCC(F)(F)C(=O)O)ccc3c2)CC1.NCC(F)(F)C(=O)O. The summed E-state index contributed by atoms with van der Waals surface area (Å²) in [4.78, 5) is 30.7. The van der Waals surface area contributed by atoms with Gasteiger partial charge in [-0.1, -0.05) is 85.4 Å². The number of rotatable bonds is 12. The lowest BCUT2D eigenvalue weighted by Crippen LogP contribution is -2.39. The molecule has 0 amide bonds. The number of benzene rings is 4. The van der Waals surface area contributed by atoms with Crippen molar-refractivity contribution in [1.29, 1.82) is 0 Å². The smallest absolute Gasteiger partial charge is 0.375 e. The van der Waals surface area contributed by atoms with Crippen molar-refractivity contribution in [3.8, 4) is 11.5 Å². The third kappa shape index (κ3) is 15.3. The third-order valence-electron chi connectivity index (χ3n) is 11.8. The fourth-order valence-corrected chi connectivity index (χ4v) is 7.85. The van der Waals surface area contributed by atoms with Gasteiger partial charge in [0, 0.05) is 12.1 Å². The van der Waals surface area contributed by atoms with Crippen LogP contribution in [-0.4, -0.2) is 65.6 Å². The summed E-state index contributed by atoms with van der Waals surface area (Å²) in [5.74, 6) is -8.48. The van der Waals surface area contributed by atoms with Crippen molar-refractivity contribution < 1.29 is 51.6 Å². The number of nitrogens with one attached hydrogen (secondary N) is 1. The van der Waals surface area contributed by atoms with Gasteiger partial charge in [-0.05, 0) is 138 Å². The number of fused-ring (bicyclic) bond motifs is 2. The number of halogens is 4. The van der Waals surface area contributed by atoms with E-state index in [1.165, 1.54) is 25.7 Å². The topological polar surface area (TPSA) is 148 Å². The Bertz CT molecular complexity index is 2080. The summed E-state index contributed by atoms with van der Waals surface area (Å²) in [6.07, 6.45) is 10.8. The number of carboxylic acids is 2. The number of hydrogen-bond acceptors (Lipinski definition) is 7. The second-order valence-corrected chi connectivity index (χ2v) is 18.5. The predicted octanol–water partition coefficient (Wildman–Crippen LogP) is 11.6. The van der Waals surface area contributed by atoms with Crippen LogP contribution in [0.2, 0.25) is 0 Å². The second kappa shape index (κ2) is 22.0. The van der Waals surface area contributed by atoms with Crippen molar-refractivity contribution >= 4 is 39.8 Å². The van der Waals surface area contributed by atoms with E-state index in [0.29, 0.717) is 22.5 Å². The Balaban J connectivity index is 0.000000283. The van der Waals surface area contributed by atoms with E-state index in [9.17, 15) is 31.9 Å². The summed E-state index contributed by atoms with van der Waals surface area (Å²) in [5.41, 5.74) is 6.67. The maximum atomic E-state index is 13.1. The predicted molar refractivity (Wildman–Crippen MR) is 238 cm³/mol. The molecular formula is C49H66F4N2O7. The van der Waals surface area contributed by atoms with E-state index in [4.69, 9.17) is 19.7 Å². The van der Waals surface area contributed by atoms with Gasteiger partial charge >= 0.3 is 23.8 Å². The fourth-order valence-electron chi connectivity index (χ4n) is 7.85. The Morgan fingerprint density at radius 3 is 1.44 bits per heavy atom. The van der Waals surface area contributed by atoms with E-state index >= 15 is 0 Å². The summed E-state index contributed by atoms with van der Waals surface area (Å²) in [5, 5.41) is 22.8. The summed E-state index contributed by atoms with van der Waals surface area (Å²) in [7, 11) is 0. The molecule has 13 heteroatoms. The van der Waals surface area contributed by atoms with Crippen molar-refractivity contribution in [3.63, 3.8) is 0 Å². The minimum absolute atomic E-state index is 0. The van der Waals surface area contributed by atoms with E-state index in [2.05, 4.69) is 58.7 Å². The van der Waals surface area contributed by atoms with Crippen LogP contribution in [0.3, 0.4) is 0 Å². The normalized spacial score (nSPS) is 19.5. The van der Waals surface area contributed by atoms with Crippen LogP contribution < -0.4 is 20.5 Å². The molecule has 9 nitrogen and oxygen atoms in total. The van der Waals surface area contributed by atoms with Crippen LogP contribution in [0, 0.1) is 22.7 Å². The highest BCUT2D eigenvalue weighted by molar-refractivity contribution is 5.89. The Morgan fingerprint density at radius 1 is 0.645 bits per heavy atom. The fraction of sp³-hybridized carbons (Fsp3) is 0.531. The van der Waals surface area contributed by atoms with Gasteiger partial charge in [-0.2, -0.15) is 17.6 Å². The zero-order valence-corrected chi connectivity index (χ0v) is 36.1. The van der Waals surface area contributed by atoms with E-state index in [1.54, 1.807) is 0 Å². The lowest BCUT2D eigenvalue weighted by Gasteiger charge is -2.37. The Kier molecular flexibility index (Phi) is 18.3. The number of carbonyl (C=O) groups excluding carboxylic acids is 1. The molecule has 342 valence electrons. The molecule has 0 atom stereocenters. The highest BCUT2D eigenvalue weighted by atomic mass is 19.3. The molecule has 2 aliphatic carbocycles. The summed E-state index contributed by atoms with van der Waals surface area (Å²) >= 11 is 0. The Labute approximate surface area is 363 Å². The standard InChI is InChI=1S/C24H31F2NO3.C21H26O2.C3H5F2NO2.CH4/c1-23(2,3)19-7-10-20(11-8-19)30-21-9-6-17-12-16(4-5-18(17)13-21)14-27-15-24(25,26)22(28)29;1-21(2,3)18-7-10-19(11-8-18)23-20-9-6-16-12-15(14-22)4-5-17(16)13-20;4-3(5,1-6)2(7)8;/h4-6,9,12-13,19-20,27H,7-8,10-11,14-15H2,1-3H3,(H,28,29);4-6,9,12-14,18-19H,7-8,10-11H2,1-3H3;1,6H2,(H,7,8);1H4. The van der Waals surface area contributed by atoms with Gasteiger partial charge in [0.05, 0.1) is 25.3 Å². The monoisotopic (exact) mass is 870 g/mol. The van der Waals surface area contributed by atoms with Crippen LogP contribution in [0.5, 0.6) is 11.5 Å². The van der Waals surface area contributed by atoms with Gasteiger partial charge in [0.1, 0.15) is 17.8 Å². The molecule has 0 saturated heterocycles. The zero-order valence-electron chi connectivity index (χ0n) is 36.1. The van der Waals surface area contributed by atoms with Gasteiger partial charge in [-0.3, -0.25) is 4.79 Å². The van der Waals surface area contributed by atoms with Crippen molar-refractivity contribution in [3.05, 3.63) is 83.9 Å². The number of aliphatic carboxylic acids is 2. The Hall–Kier alpha value is -4.75. The first-order valence-corrected chi connectivity index (χ1v) is 21.0. The zero-order chi connectivity index (χ0) is 45.2. The molecule has 0 spiro atoms. The average Bonchev–Trinajstić information content (AvgIpc) is 3.20. The maximum Gasteiger partial charge on any atom is 0.375 e. The van der Waals surface area contributed by atoms with Crippen LogP contribution in [-0.2, 0) is 16.1 Å². The summed E-state index contributed by atoms with van der Waals surface area (Å²) < 4.78 is 61.8. The number of alkyl halides is 4. The molecule has 4 aromatic carbocycles. The second-order valence-electron chi connectivity index (χ2n) is 18.5. The summed E-state index contributed by atoms with van der Waals surface area (Å²) in [6, 6.07) is 23.6. The van der Waals surface area contributed by atoms with Gasteiger partial charge in [0.15, 0.2) is 0 Å². The van der Waals surface area contributed by atoms with Crippen molar-refractivity contribution in [1.82, 2.24) is 5.32 Å². The molecular weight excluding hydrogens is 805 g/mol.